The van der Waals surface area contributed by atoms with Gasteiger partial charge in [-0.15, -0.1) is 0 Å². The third-order valence-corrected chi connectivity index (χ3v) is 3.12. The Hall–Kier alpha value is -1.34. The van der Waals surface area contributed by atoms with Gasteiger partial charge in [0.1, 0.15) is 0 Å². The predicted octanol–water partition coefficient (Wildman–Crippen LogP) is 4.71. The highest BCUT2D eigenvalue weighted by Gasteiger charge is 1.92. The molecule has 0 aliphatic rings. The molecule has 0 N–H and O–H groups in total. The Kier molecular flexibility index (Phi) is 3.95. The van der Waals surface area contributed by atoms with Crippen LogP contribution in [0.2, 0.25) is 0 Å². The van der Waals surface area contributed by atoms with Gasteiger partial charge in [0, 0.05) is 4.47 Å². The normalized spacial score (nSPS) is 10.8. The molecule has 0 bridgehead atoms. The maximum atomic E-state index is 3.53. The second-order valence-electron chi connectivity index (χ2n) is 3.61. The van der Waals surface area contributed by atoms with E-state index < -0.39 is 0 Å². The summed E-state index contributed by atoms with van der Waals surface area (Å²) in [6, 6.07) is 18.7. The molecule has 0 aliphatic carbocycles. The monoisotopic (exact) mass is 272 g/mol. The van der Waals surface area contributed by atoms with Crippen molar-refractivity contribution in [1.29, 1.82) is 0 Å². The van der Waals surface area contributed by atoms with Crippen LogP contribution < -0.4 is 0 Å². The Morgan fingerprint density at radius 1 is 0.875 bits per heavy atom. The van der Waals surface area contributed by atoms with Gasteiger partial charge in [-0.3, -0.25) is 0 Å². The zero-order chi connectivity index (χ0) is 11.2. The number of halogens is 1. The summed E-state index contributed by atoms with van der Waals surface area (Å²) in [6.45, 7) is 0. The Bertz CT molecular complexity index is 472. The minimum atomic E-state index is 0.974. The van der Waals surface area contributed by atoms with Gasteiger partial charge >= 0.3 is 0 Å². The Labute approximate surface area is 105 Å². The van der Waals surface area contributed by atoms with Gasteiger partial charge in [0.05, 0.1) is 0 Å². The van der Waals surface area contributed by atoms with Crippen LogP contribution in [0, 0.1) is 0 Å². The van der Waals surface area contributed by atoms with Gasteiger partial charge in [0.2, 0.25) is 0 Å². The molecule has 0 aromatic heterocycles. The first kappa shape index (κ1) is 11.2. The van der Waals surface area contributed by atoms with Crippen molar-refractivity contribution in [3.8, 4) is 0 Å². The molecule has 0 radical (unpaired) electrons. The van der Waals surface area contributed by atoms with Gasteiger partial charge in [-0.05, 0) is 23.6 Å². The van der Waals surface area contributed by atoms with E-state index in [1.165, 1.54) is 11.1 Å². The van der Waals surface area contributed by atoms with Crippen molar-refractivity contribution in [3.63, 3.8) is 0 Å². The number of allylic oxidation sites excluding steroid dienone is 1. The molecule has 0 aliphatic heterocycles. The van der Waals surface area contributed by atoms with E-state index in [2.05, 4.69) is 64.5 Å². The maximum Gasteiger partial charge on any atom is 0.0247 e. The van der Waals surface area contributed by atoms with Gasteiger partial charge in [-0.25, -0.2) is 0 Å². The summed E-state index contributed by atoms with van der Waals surface area (Å²) in [5, 5.41) is 0. The topological polar surface area (TPSA) is 0 Å². The predicted molar refractivity (Wildman–Crippen MR) is 73.3 cm³/mol. The summed E-state index contributed by atoms with van der Waals surface area (Å²) in [6.07, 6.45) is 5.31. The molecule has 0 amide bonds. The first-order chi connectivity index (χ1) is 7.86. The zero-order valence-electron chi connectivity index (χ0n) is 8.94. The summed E-state index contributed by atoms with van der Waals surface area (Å²) >= 11 is 3.53. The van der Waals surface area contributed by atoms with Crippen LogP contribution >= 0.6 is 15.9 Å². The zero-order valence-corrected chi connectivity index (χ0v) is 10.5. The van der Waals surface area contributed by atoms with Crippen LogP contribution in [0.5, 0.6) is 0 Å². The molecule has 0 saturated carbocycles. The average Bonchev–Trinajstić information content (AvgIpc) is 2.33. The number of hydrogen-bond donors (Lipinski definition) is 0. The van der Waals surface area contributed by atoms with Crippen molar-refractivity contribution in [1.82, 2.24) is 0 Å². The molecule has 2 rings (SSSR count). The largest absolute Gasteiger partial charge is 0.0795 e. The molecule has 1 heteroatoms. The fraction of sp³-hybridized carbons (Fsp3) is 0.0667. The van der Waals surface area contributed by atoms with Crippen molar-refractivity contribution >= 4 is 22.0 Å². The fourth-order valence-electron chi connectivity index (χ4n) is 1.55. The van der Waals surface area contributed by atoms with Gasteiger partial charge in [-0.1, -0.05) is 76.6 Å². The molecule has 0 nitrogen and oxygen atoms in total. The van der Waals surface area contributed by atoms with Crippen LogP contribution in [0.1, 0.15) is 11.1 Å². The van der Waals surface area contributed by atoms with Crippen molar-refractivity contribution in [3.05, 3.63) is 76.3 Å². The van der Waals surface area contributed by atoms with E-state index >= 15 is 0 Å². The molecule has 16 heavy (non-hydrogen) atoms. The second-order valence-corrected chi connectivity index (χ2v) is 4.47. The third kappa shape index (κ3) is 3.07. The highest BCUT2D eigenvalue weighted by Crippen LogP contribution is 2.17. The second kappa shape index (κ2) is 5.66. The first-order valence-corrected chi connectivity index (χ1v) is 6.10. The van der Waals surface area contributed by atoms with Gasteiger partial charge in [0.15, 0.2) is 0 Å². The smallest absolute Gasteiger partial charge is 0.0247 e. The number of rotatable bonds is 3. The summed E-state index contributed by atoms with van der Waals surface area (Å²) in [4.78, 5) is 0. The molecular formula is C15H13Br. The highest BCUT2D eigenvalue weighted by molar-refractivity contribution is 9.10. The van der Waals surface area contributed by atoms with E-state index in [1.54, 1.807) is 0 Å². The molecule has 0 unspecified atom stereocenters. The van der Waals surface area contributed by atoms with Crippen molar-refractivity contribution < 1.29 is 0 Å². The van der Waals surface area contributed by atoms with Crippen LogP contribution in [0.15, 0.2) is 65.1 Å². The summed E-state index contributed by atoms with van der Waals surface area (Å²) in [5.41, 5.74) is 2.56. The molecule has 0 saturated heterocycles. The Balaban J connectivity index is 2.03. The summed E-state index contributed by atoms with van der Waals surface area (Å²) < 4.78 is 1.14. The Morgan fingerprint density at radius 3 is 2.31 bits per heavy atom. The number of benzene rings is 2. The van der Waals surface area contributed by atoms with Gasteiger partial charge in [-0.2, -0.15) is 0 Å². The molecule has 0 atom stereocenters. The fourth-order valence-corrected chi connectivity index (χ4v) is 1.96. The first-order valence-electron chi connectivity index (χ1n) is 5.31. The SMILES string of the molecule is Brc1ccccc1C=CCc1ccccc1. The standard InChI is InChI=1S/C15H13Br/c16-15-12-5-4-10-14(15)11-6-9-13-7-2-1-3-8-13/h1-8,10-12H,9H2. The lowest BCUT2D eigenvalue weighted by molar-refractivity contribution is 1.28. The van der Waals surface area contributed by atoms with E-state index in [0.29, 0.717) is 0 Å². The summed E-state index contributed by atoms with van der Waals surface area (Å²) in [7, 11) is 0. The molecule has 80 valence electrons. The lowest BCUT2D eigenvalue weighted by Crippen LogP contribution is -1.79. The lowest BCUT2D eigenvalue weighted by Gasteiger charge is -1.97. The van der Waals surface area contributed by atoms with Crippen LogP contribution in [-0.2, 0) is 6.42 Å². The van der Waals surface area contributed by atoms with Crippen LogP contribution in [0.3, 0.4) is 0 Å². The van der Waals surface area contributed by atoms with Crippen molar-refractivity contribution in [2.24, 2.45) is 0 Å². The average molecular weight is 273 g/mol. The van der Waals surface area contributed by atoms with Crippen LogP contribution in [0.25, 0.3) is 6.08 Å². The molecule has 0 heterocycles. The van der Waals surface area contributed by atoms with Crippen LogP contribution in [0.4, 0.5) is 0 Å². The quantitative estimate of drug-likeness (QED) is 0.760. The van der Waals surface area contributed by atoms with Gasteiger partial charge in [0.25, 0.3) is 0 Å². The molecular weight excluding hydrogens is 260 g/mol. The summed E-state index contributed by atoms with van der Waals surface area (Å²) in [5.74, 6) is 0. The molecule has 0 fully saturated rings. The maximum absolute atomic E-state index is 3.53. The van der Waals surface area contributed by atoms with Gasteiger partial charge < -0.3 is 0 Å². The minimum absolute atomic E-state index is 0.974. The third-order valence-electron chi connectivity index (χ3n) is 2.40. The van der Waals surface area contributed by atoms with E-state index in [4.69, 9.17) is 0 Å². The molecule has 2 aromatic carbocycles. The van der Waals surface area contributed by atoms with E-state index in [1.807, 2.05) is 18.2 Å². The lowest BCUT2D eigenvalue weighted by atomic mass is 10.1. The molecule has 0 spiro atoms. The van der Waals surface area contributed by atoms with Crippen molar-refractivity contribution in [2.45, 2.75) is 6.42 Å². The number of hydrogen-bond acceptors (Lipinski definition) is 0. The minimum Gasteiger partial charge on any atom is -0.0795 e. The molecule has 2 aromatic rings. The van der Waals surface area contributed by atoms with E-state index in [-0.39, 0.29) is 0 Å². The Morgan fingerprint density at radius 2 is 1.56 bits per heavy atom. The van der Waals surface area contributed by atoms with E-state index in [0.717, 1.165) is 10.9 Å². The highest BCUT2D eigenvalue weighted by atomic mass is 79.9. The van der Waals surface area contributed by atoms with Crippen LogP contribution in [-0.4, -0.2) is 0 Å². The van der Waals surface area contributed by atoms with Crippen molar-refractivity contribution in [2.75, 3.05) is 0 Å². The van der Waals surface area contributed by atoms with E-state index in [9.17, 15) is 0 Å².